The summed E-state index contributed by atoms with van der Waals surface area (Å²) in [5.41, 5.74) is 1.56. The molecule has 9 heteroatoms. The number of sulfonamides is 1. The number of benzene rings is 1. The molecular formula is C17H21FN4O3S. The number of carbonyl (C=O) groups excluding carboxylic acids is 1. The van der Waals surface area contributed by atoms with E-state index in [0.29, 0.717) is 16.8 Å². The van der Waals surface area contributed by atoms with E-state index in [1.165, 1.54) is 30.6 Å². The van der Waals surface area contributed by atoms with Gasteiger partial charge in [-0.3, -0.25) is 0 Å². The first kappa shape index (κ1) is 19.8. The Hall–Kier alpha value is -2.55. The topological polar surface area (TPSA) is 101 Å². The van der Waals surface area contributed by atoms with Gasteiger partial charge in [0.05, 0.1) is 0 Å². The molecule has 0 aliphatic rings. The highest BCUT2D eigenvalue weighted by molar-refractivity contribution is 7.89. The number of rotatable bonds is 5. The van der Waals surface area contributed by atoms with E-state index in [4.69, 9.17) is 0 Å². The zero-order valence-electron chi connectivity index (χ0n) is 14.9. The number of hydrogen-bond acceptors (Lipinski definition) is 5. The van der Waals surface area contributed by atoms with E-state index in [0.717, 1.165) is 0 Å². The van der Waals surface area contributed by atoms with Gasteiger partial charge in [-0.1, -0.05) is 27.7 Å². The van der Waals surface area contributed by atoms with Gasteiger partial charge >= 0.3 is 16.1 Å². The molecule has 7 nitrogen and oxygen atoms in total. The summed E-state index contributed by atoms with van der Waals surface area (Å²) in [4.78, 5) is 19.5. The molecule has 0 atom stereocenters. The molecule has 26 heavy (non-hydrogen) atoms. The minimum absolute atomic E-state index is 0.0763. The summed E-state index contributed by atoms with van der Waals surface area (Å²) in [7, 11) is -4.21. The molecule has 0 saturated heterocycles. The number of halogens is 1. The van der Waals surface area contributed by atoms with E-state index >= 15 is 0 Å². The number of urea groups is 1. The van der Waals surface area contributed by atoms with Gasteiger partial charge in [-0.15, -0.1) is 0 Å². The molecule has 0 aliphatic carbocycles. The first-order chi connectivity index (χ1) is 12.1. The van der Waals surface area contributed by atoms with Gasteiger partial charge in [0.1, 0.15) is 5.82 Å². The van der Waals surface area contributed by atoms with Crippen LogP contribution in [0.4, 0.5) is 14.9 Å². The average Bonchev–Trinajstić information content (AvgIpc) is 2.56. The second kappa shape index (κ2) is 7.77. The Morgan fingerprint density at radius 2 is 1.54 bits per heavy atom. The summed E-state index contributed by atoms with van der Waals surface area (Å²) in [6.07, 6.45) is 2.51. The summed E-state index contributed by atoms with van der Waals surface area (Å²) in [6.45, 7) is 7.43. The van der Waals surface area contributed by atoms with E-state index < -0.39 is 27.0 Å². The highest BCUT2D eigenvalue weighted by Crippen LogP contribution is 2.33. The van der Waals surface area contributed by atoms with Crippen LogP contribution in [0.1, 0.15) is 50.7 Å². The molecule has 1 aromatic heterocycles. The van der Waals surface area contributed by atoms with Crippen molar-refractivity contribution in [3.05, 3.63) is 47.5 Å². The molecule has 1 aromatic carbocycles. The Morgan fingerprint density at radius 1 is 1.04 bits per heavy atom. The Balaban J connectivity index is 2.34. The molecule has 2 aromatic rings. The molecule has 2 amide bonds. The molecule has 0 aliphatic heterocycles. The standard InChI is InChI=1S/C17H21FN4O3S/c1-10(2)13-8-12(18)9-14(11(3)4)15(13)21-16(23)22-26(24,25)17-19-6-5-7-20-17/h5-11H,1-4H3,(H2,21,22,23). The summed E-state index contributed by atoms with van der Waals surface area (Å²) in [6, 6.07) is 3.16. The van der Waals surface area contributed by atoms with Crippen molar-refractivity contribution in [2.24, 2.45) is 0 Å². The number of nitrogens with one attached hydrogen (secondary N) is 2. The number of aromatic nitrogens is 2. The second-order valence-electron chi connectivity index (χ2n) is 6.36. The minimum atomic E-state index is -4.21. The fourth-order valence-corrected chi connectivity index (χ4v) is 3.22. The molecule has 2 N–H and O–H groups in total. The van der Waals surface area contributed by atoms with Gasteiger partial charge in [0, 0.05) is 18.1 Å². The third kappa shape index (κ3) is 4.54. The van der Waals surface area contributed by atoms with Crippen LogP contribution in [0.25, 0.3) is 0 Å². The lowest BCUT2D eigenvalue weighted by Gasteiger charge is -2.20. The predicted molar refractivity (Wildman–Crippen MR) is 96.0 cm³/mol. The van der Waals surface area contributed by atoms with Crippen LogP contribution in [-0.4, -0.2) is 24.4 Å². The number of anilines is 1. The van der Waals surface area contributed by atoms with Crippen molar-refractivity contribution in [2.45, 2.75) is 44.7 Å². The van der Waals surface area contributed by atoms with Crippen molar-refractivity contribution in [1.82, 2.24) is 14.7 Å². The molecule has 0 saturated carbocycles. The van der Waals surface area contributed by atoms with Crippen molar-refractivity contribution in [2.75, 3.05) is 5.32 Å². The van der Waals surface area contributed by atoms with Gasteiger partial charge < -0.3 is 5.32 Å². The third-order valence-electron chi connectivity index (χ3n) is 3.66. The monoisotopic (exact) mass is 380 g/mol. The molecule has 0 spiro atoms. The molecule has 0 radical (unpaired) electrons. The molecule has 2 rings (SSSR count). The summed E-state index contributed by atoms with van der Waals surface area (Å²) >= 11 is 0. The highest BCUT2D eigenvalue weighted by atomic mass is 32.2. The van der Waals surface area contributed by atoms with Crippen LogP contribution in [0.15, 0.2) is 35.7 Å². The minimum Gasteiger partial charge on any atom is -0.307 e. The third-order valence-corrected chi connectivity index (χ3v) is 4.80. The largest absolute Gasteiger partial charge is 0.333 e. The van der Waals surface area contributed by atoms with Crippen LogP contribution < -0.4 is 10.0 Å². The summed E-state index contributed by atoms with van der Waals surface area (Å²) < 4.78 is 40.1. The Bertz CT molecular complexity index is 870. The Kier molecular flexibility index (Phi) is 5.91. The van der Waals surface area contributed by atoms with Gasteiger partial charge in [-0.2, -0.15) is 8.42 Å². The maximum atomic E-state index is 13.9. The average molecular weight is 380 g/mol. The molecule has 0 unspecified atom stereocenters. The Morgan fingerprint density at radius 3 is 2.00 bits per heavy atom. The maximum absolute atomic E-state index is 13.9. The van der Waals surface area contributed by atoms with Crippen LogP contribution in [0.2, 0.25) is 0 Å². The number of amides is 2. The van der Waals surface area contributed by atoms with Gasteiger partial charge in [0.25, 0.3) is 5.16 Å². The van der Waals surface area contributed by atoms with Crippen LogP contribution >= 0.6 is 0 Å². The van der Waals surface area contributed by atoms with Crippen LogP contribution in [0.5, 0.6) is 0 Å². The number of carbonyl (C=O) groups is 1. The normalized spacial score (nSPS) is 11.7. The molecule has 0 fully saturated rings. The summed E-state index contributed by atoms with van der Waals surface area (Å²) in [5, 5.41) is 2.03. The fraction of sp³-hybridized carbons (Fsp3) is 0.353. The van der Waals surface area contributed by atoms with Crippen molar-refractivity contribution < 1.29 is 17.6 Å². The van der Waals surface area contributed by atoms with Gasteiger partial charge in [-0.05, 0) is 41.2 Å². The van der Waals surface area contributed by atoms with Gasteiger partial charge in [0.2, 0.25) is 0 Å². The predicted octanol–water partition coefficient (Wildman–Crippen LogP) is 3.37. The molecule has 1 heterocycles. The SMILES string of the molecule is CC(C)c1cc(F)cc(C(C)C)c1NC(=O)NS(=O)(=O)c1ncccn1. The van der Waals surface area contributed by atoms with E-state index in [-0.39, 0.29) is 11.8 Å². The maximum Gasteiger partial charge on any atom is 0.333 e. The molecular weight excluding hydrogens is 359 g/mol. The van der Waals surface area contributed by atoms with Crippen LogP contribution in [0.3, 0.4) is 0 Å². The zero-order valence-corrected chi connectivity index (χ0v) is 15.8. The van der Waals surface area contributed by atoms with Crippen molar-refractivity contribution in [1.29, 1.82) is 0 Å². The van der Waals surface area contributed by atoms with Crippen molar-refractivity contribution >= 4 is 21.7 Å². The fourth-order valence-electron chi connectivity index (χ4n) is 2.44. The first-order valence-corrected chi connectivity index (χ1v) is 9.54. The first-order valence-electron chi connectivity index (χ1n) is 8.06. The number of hydrogen-bond donors (Lipinski definition) is 2. The van der Waals surface area contributed by atoms with Crippen LogP contribution in [0, 0.1) is 5.82 Å². The van der Waals surface area contributed by atoms with E-state index in [1.54, 1.807) is 0 Å². The quantitative estimate of drug-likeness (QED) is 0.775. The molecule has 140 valence electrons. The summed E-state index contributed by atoms with van der Waals surface area (Å²) in [5.74, 6) is -0.561. The lowest BCUT2D eigenvalue weighted by molar-refractivity contribution is 0.256. The van der Waals surface area contributed by atoms with Crippen molar-refractivity contribution in [3.63, 3.8) is 0 Å². The van der Waals surface area contributed by atoms with E-state index in [2.05, 4.69) is 15.3 Å². The van der Waals surface area contributed by atoms with Gasteiger partial charge in [-0.25, -0.2) is 23.9 Å². The van der Waals surface area contributed by atoms with E-state index in [9.17, 15) is 17.6 Å². The van der Waals surface area contributed by atoms with Gasteiger partial charge in [0.15, 0.2) is 0 Å². The van der Waals surface area contributed by atoms with Crippen LogP contribution in [-0.2, 0) is 10.0 Å². The lowest BCUT2D eigenvalue weighted by Crippen LogP contribution is -2.35. The second-order valence-corrected chi connectivity index (χ2v) is 7.94. The zero-order chi connectivity index (χ0) is 19.5. The molecule has 0 bridgehead atoms. The van der Waals surface area contributed by atoms with E-state index in [1.807, 2.05) is 32.4 Å². The van der Waals surface area contributed by atoms with Crippen molar-refractivity contribution in [3.8, 4) is 0 Å². The lowest BCUT2D eigenvalue weighted by atomic mass is 9.92. The Labute approximate surface area is 152 Å². The highest BCUT2D eigenvalue weighted by Gasteiger charge is 2.23. The smallest absolute Gasteiger partial charge is 0.307 e. The number of nitrogens with zero attached hydrogens (tertiary/aromatic N) is 2.